The first-order valence-electron chi connectivity index (χ1n) is 5.73. The Morgan fingerprint density at radius 1 is 1.47 bits per heavy atom. The maximum absolute atomic E-state index is 13.1. The van der Waals surface area contributed by atoms with Crippen LogP contribution in [0.25, 0.3) is 0 Å². The number of ether oxygens (including phenoxy) is 1. The lowest BCUT2D eigenvalue weighted by Crippen LogP contribution is -2.26. The number of hydrogen-bond acceptors (Lipinski definition) is 3. The van der Waals surface area contributed by atoms with Crippen LogP contribution in [-0.4, -0.2) is 31.1 Å². The van der Waals surface area contributed by atoms with E-state index in [9.17, 15) is 4.39 Å². The molecular weight excluding hydrogens is 219 g/mol. The minimum absolute atomic E-state index is 0.288. The molecule has 0 aliphatic heterocycles. The molecule has 1 fully saturated rings. The van der Waals surface area contributed by atoms with E-state index in [1.54, 1.807) is 6.07 Å². The van der Waals surface area contributed by atoms with Gasteiger partial charge in [0.1, 0.15) is 18.2 Å². The molecule has 1 aliphatic carbocycles. The predicted octanol–water partition coefficient (Wildman–Crippen LogP) is 2.17. The van der Waals surface area contributed by atoms with Crippen molar-refractivity contribution in [2.45, 2.75) is 18.9 Å². The molecule has 3 nitrogen and oxygen atoms in total. The molecule has 0 atom stereocenters. The maximum atomic E-state index is 13.1. The van der Waals surface area contributed by atoms with Gasteiger partial charge >= 0.3 is 0 Å². The van der Waals surface area contributed by atoms with Crippen molar-refractivity contribution in [2.24, 2.45) is 0 Å². The summed E-state index contributed by atoms with van der Waals surface area (Å²) in [5.41, 5.74) is 0.288. The average Bonchev–Trinajstić information content (AvgIpc) is 3.12. The van der Waals surface area contributed by atoms with Crippen LogP contribution in [0, 0.1) is 17.1 Å². The molecule has 1 aromatic rings. The molecule has 0 heterocycles. The summed E-state index contributed by atoms with van der Waals surface area (Å²) in [6, 6.07) is 6.66. The van der Waals surface area contributed by atoms with E-state index in [4.69, 9.17) is 10.00 Å². The third kappa shape index (κ3) is 3.43. The normalized spacial score (nSPS) is 14.7. The van der Waals surface area contributed by atoms with Crippen LogP contribution in [-0.2, 0) is 0 Å². The zero-order valence-electron chi connectivity index (χ0n) is 9.82. The Morgan fingerprint density at radius 2 is 2.24 bits per heavy atom. The van der Waals surface area contributed by atoms with Gasteiger partial charge in [-0.1, -0.05) is 0 Å². The number of benzene rings is 1. The van der Waals surface area contributed by atoms with Gasteiger partial charge in [0.2, 0.25) is 0 Å². The van der Waals surface area contributed by atoms with Crippen molar-refractivity contribution in [3.8, 4) is 11.8 Å². The minimum atomic E-state index is -0.436. The topological polar surface area (TPSA) is 36.3 Å². The second kappa shape index (κ2) is 5.15. The second-order valence-corrected chi connectivity index (χ2v) is 4.35. The fraction of sp³-hybridized carbons (Fsp3) is 0.462. The summed E-state index contributed by atoms with van der Waals surface area (Å²) in [5.74, 6) is -0.0136. The van der Waals surface area contributed by atoms with Crippen molar-refractivity contribution in [1.29, 1.82) is 5.26 Å². The second-order valence-electron chi connectivity index (χ2n) is 4.35. The van der Waals surface area contributed by atoms with Crippen molar-refractivity contribution >= 4 is 0 Å². The summed E-state index contributed by atoms with van der Waals surface area (Å²) < 4.78 is 18.5. The van der Waals surface area contributed by atoms with Crippen molar-refractivity contribution in [3.63, 3.8) is 0 Å². The van der Waals surface area contributed by atoms with Crippen molar-refractivity contribution in [3.05, 3.63) is 29.6 Å². The van der Waals surface area contributed by atoms with Crippen LogP contribution in [0.1, 0.15) is 18.4 Å². The van der Waals surface area contributed by atoms with Gasteiger partial charge in [-0.2, -0.15) is 5.26 Å². The summed E-state index contributed by atoms with van der Waals surface area (Å²) in [4.78, 5) is 2.24. The molecule has 1 saturated carbocycles. The number of likely N-dealkylation sites (N-methyl/N-ethyl adjacent to an activating group) is 1. The molecule has 4 heteroatoms. The van der Waals surface area contributed by atoms with Gasteiger partial charge in [0.25, 0.3) is 0 Å². The van der Waals surface area contributed by atoms with Crippen LogP contribution in [0.4, 0.5) is 4.39 Å². The first-order chi connectivity index (χ1) is 8.19. The molecule has 0 radical (unpaired) electrons. The molecule has 0 aromatic heterocycles. The highest BCUT2D eigenvalue weighted by atomic mass is 19.1. The minimum Gasteiger partial charge on any atom is -0.492 e. The van der Waals surface area contributed by atoms with Gasteiger partial charge in [-0.05, 0) is 32.0 Å². The summed E-state index contributed by atoms with van der Waals surface area (Å²) in [7, 11) is 2.06. The first kappa shape index (κ1) is 11.9. The number of nitrogens with zero attached hydrogens (tertiary/aromatic N) is 2. The van der Waals surface area contributed by atoms with Gasteiger partial charge in [-0.15, -0.1) is 0 Å². The summed E-state index contributed by atoms with van der Waals surface area (Å²) >= 11 is 0. The quantitative estimate of drug-likeness (QED) is 0.783. The van der Waals surface area contributed by atoms with E-state index in [0.717, 1.165) is 6.54 Å². The zero-order chi connectivity index (χ0) is 12.3. The van der Waals surface area contributed by atoms with E-state index in [2.05, 4.69) is 11.9 Å². The van der Waals surface area contributed by atoms with Gasteiger partial charge < -0.3 is 9.64 Å². The predicted molar refractivity (Wildman–Crippen MR) is 62.3 cm³/mol. The van der Waals surface area contributed by atoms with Gasteiger partial charge in [-0.3, -0.25) is 0 Å². The Kier molecular flexibility index (Phi) is 3.60. The van der Waals surface area contributed by atoms with Gasteiger partial charge in [0.15, 0.2) is 0 Å². The fourth-order valence-corrected chi connectivity index (χ4v) is 1.72. The van der Waals surface area contributed by atoms with E-state index in [0.29, 0.717) is 18.4 Å². The highest BCUT2D eigenvalue weighted by molar-refractivity contribution is 5.36. The zero-order valence-corrected chi connectivity index (χ0v) is 9.82. The molecule has 0 unspecified atom stereocenters. The highest BCUT2D eigenvalue weighted by Crippen LogP contribution is 2.25. The lowest BCUT2D eigenvalue weighted by atomic mass is 10.2. The molecule has 0 spiro atoms. The molecular formula is C13H15FN2O. The van der Waals surface area contributed by atoms with Crippen molar-refractivity contribution < 1.29 is 9.13 Å². The van der Waals surface area contributed by atoms with E-state index in [1.165, 1.54) is 25.0 Å². The Labute approximate surface area is 100 Å². The van der Waals surface area contributed by atoms with E-state index in [-0.39, 0.29) is 5.56 Å². The lowest BCUT2D eigenvalue weighted by molar-refractivity contribution is 0.231. The average molecular weight is 234 g/mol. The molecule has 2 rings (SSSR count). The molecule has 0 bridgehead atoms. The van der Waals surface area contributed by atoms with Gasteiger partial charge in [-0.25, -0.2) is 4.39 Å². The Balaban J connectivity index is 1.85. The number of rotatable bonds is 5. The molecule has 90 valence electrons. The molecule has 0 N–H and O–H groups in total. The van der Waals surface area contributed by atoms with Crippen LogP contribution >= 0.6 is 0 Å². The maximum Gasteiger partial charge on any atom is 0.128 e. The van der Waals surface area contributed by atoms with Gasteiger partial charge in [0, 0.05) is 18.7 Å². The Hall–Kier alpha value is -1.60. The van der Waals surface area contributed by atoms with E-state index >= 15 is 0 Å². The monoisotopic (exact) mass is 234 g/mol. The van der Waals surface area contributed by atoms with Crippen molar-refractivity contribution in [2.75, 3.05) is 20.2 Å². The molecule has 0 amide bonds. The van der Waals surface area contributed by atoms with Crippen LogP contribution in [0.5, 0.6) is 5.75 Å². The van der Waals surface area contributed by atoms with Crippen molar-refractivity contribution in [1.82, 2.24) is 4.90 Å². The summed E-state index contributed by atoms with van der Waals surface area (Å²) in [6.07, 6.45) is 2.52. The largest absolute Gasteiger partial charge is 0.492 e. The molecule has 1 aliphatic rings. The van der Waals surface area contributed by atoms with Crippen LogP contribution in [0.2, 0.25) is 0 Å². The van der Waals surface area contributed by atoms with Crippen LogP contribution in [0.3, 0.4) is 0 Å². The fourth-order valence-electron chi connectivity index (χ4n) is 1.72. The lowest BCUT2D eigenvalue weighted by Gasteiger charge is -2.15. The third-order valence-corrected chi connectivity index (χ3v) is 2.88. The first-order valence-corrected chi connectivity index (χ1v) is 5.73. The summed E-state index contributed by atoms with van der Waals surface area (Å²) in [5, 5.41) is 8.70. The number of halogens is 1. The highest BCUT2D eigenvalue weighted by Gasteiger charge is 2.25. The van der Waals surface area contributed by atoms with E-state index in [1.807, 2.05) is 6.07 Å². The molecule has 0 saturated heterocycles. The smallest absolute Gasteiger partial charge is 0.128 e. The van der Waals surface area contributed by atoms with Gasteiger partial charge in [0.05, 0.1) is 11.6 Å². The van der Waals surface area contributed by atoms with Crippen LogP contribution in [0.15, 0.2) is 18.2 Å². The molecule has 1 aromatic carbocycles. The number of nitriles is 1. The summed E-state index contributed by atoms with van der Waals surface area (Å²) in [6.45, 7) is 1.34. The SMILES string of the molecule is CN(CCOc1cc(F)cc(C#N)c1)C1CC1. The van der Waals surface area contributed by atoms with Crippen LogP contribution < -0.4 is 4.74 Å². The third-order valence-electron chi connectivity index (χ3n) is 2.88. The Bertz CT molecular complexity index is 438. The van der Waals surface area contributed by atoms with E-state index < -0.39 is 5.82 Å². The molecule has 17 heavy (non-hydrogen) atoms. The number of hydrogen-bond donors (Lipinski definition) is 0. The standard InChI is InChI=1S/C13H15FN2O/c1-16(12-2-3-12)4-5-17-13-7-10(9-15)6-11(14)8-13/h6-8,12H,2-5H2,1H3. The Morgan fingerprint density at radius 3 is 2.88 bits per heavy atom.